The Kier molecular flexibility index (Phi) is 6.51. The van der Waals surface area contributed by atoms with Crippen LogP contribution in [0.5, 0.6) is 0 Å². The fourth-order valence-electron chi connectivity index (χ4n) is 4.25. The van der Waals surface area contributed by atoms with E-state index in [0.717, 1.165) is 16.9 Å². The lowest BCUT2D eigenvalue weighted by atomic mass is 9.92. The summed E-state index contributed by atoms with van der Waals surface area (Å²) >= 11 is 0. The second-order valence-electron chi connectivity index (χ2n) is 10.3. The van der Waals surface area contributed by atoms with E-state index >= 15 is 4.39 Å². The number of fused-ring (bicyclic) bond motifs is 1. The molecule has 10 nitrogen and oxygen atoms in total. The highest BCUT2D eigenvalue weighted by Gasteiger charge is 2.22. The molecule has 5 aromatic rings. The molecule has 3 aromatic heterocycles. The monoisotopic (exact) mass is 527 g/mol. The van der Waals surface area contributed by atoms with Gasteiger partial charge in [0.1, 0.15) is 29.5 Å². The van der Waals surface area contributed by atoms with E-state index < -0.39 is 11.8 Å². The zero-order valence-electron chi connectivity index (χ0n) is 22.7. The van der Waals surface area contributed by atoms with Gasteiger partial charge >= 0.3 is 6.03 Å². The third kappa shape index (κ3) is 5.02. The molecule has 200 valence electrons. The van der Waals surface area contributed by atoms with Crippen LogP contribution in [-0.2, 0) is 12.5 Å². The average Bonchev–Trinajstić information content (AvgIpc) is 3.46. The van der Waals surface area contributed by atoms with Gasteiger partial charge in [-0.25, -0.2) is 28.5 Å². The van der Waals surface area contributed by atoms with Gasteiger partial charge in [0.05, 0.1) is 16.8 Å². The Morgan fingerprint density at radius 3 is 2.38 bits per heavy atom. The first-order valence-corrected chi connectivity index (χ1v) is 12.5. The van der Waals surface area contributed by atoms with E-state index in [1.165, 1.54) is 12.4 Å². The molecule has 2 aromatic carbocycles. The molecule has 0 aliphatic carbocycles. The summed E-state index contributed by atoms with van der Waals surface area (Å²) in [4.78, 5) is 21.5. The van der Waals surface area contributed by atoms with Crippen molar-refractivity contribution >= 4 is 34.4 Å². The number of urea groups is 1. The van der Waals surface area contributed by atoms with Gasteiger partial charge < -0.3 is 10.6 Å². The number of rotatable bonds is 5. The van der Waals surface area contributed by atoms with Gasteiger partial charge in [0, 0.05) is 36.8 Å². The van der Waals surface area contributed by atoms with Crippen LogP contribution in [0.3, 0.4) is 0 Å². The molecule has 0 saturated carbocycles. The van der Waals surface area contributed by atoms with E-state index in [9.17, 15) is 4.79 Å². The summed E-state index contributed by atoms with van der Waals surface area (Å²) in [7, 11) is 3.47. The van der Waals surface area contributed by atoms with Crippen molar-refractivity contribution in [2.75, 3.05) is 23.0 Å². The molecule has 2 amide bonds. The highest BCUT2D eigenvalue weighted by molar-refractivity contribution is 6.01. The Hall–Kier alpha value is -4.80. The summed E-state index contributed by atoms with van der Waals surface area (Å²) in [5.41, 5.74) is 4.06. The summed E-state index contributed by atoms with van der Waals surface area (Å²) < 4.78 is 18.6. The van der Waals surface area contributed by atoms with Crippen LogP contribution in [0.4, 0.5) is 26.5 Å². The second kappa shape index (κ2) is 9.82. The first-order valence-electron chi connectivity index (χ1n) is 12.5. The Morgan fingerprint density at radius 1 is 0.974 bits per heavy atom. The molecule has 0 spiro atoms. The summed E-state index contributed by atoms with van der Waals surface area (Å²) in [5, 5.41) is 18.4. The Bertz CT molecular complexity index is 1680. The van der Waals surface area contributed by atoms with Crippen molar-refractivity contribution in [3.8, 4) is 16.9 Å². The topological polar surface area (TPSA) is 115 Å². The van der Waals surface area contributed by atoms with E-state index in [-0.39, 0.29) is 16.7 Å². The van der Waals surface area contributed by atoms with Crippen molar-refractivity contribution in [2.24, 2.45) is 7.05 Å². The number of amides is 2. The highest BCUT2D eigenvalue weighted by Crippen LogP contribution is 2.33. The molecule has 39 heavy (non-hydrogen) atoms. The lowest BCUT2D eigenvalue weighted by Gasteiger charge is -2.14. The zero-order valence-corrected chi connectivity index (χ0v) is 22.7. The molecular formula is C28H30FN9O. The van der Waals surface area contributed by atoms with Crippen molar-refractivity contribution in [1.29, 1.82) is 0 Å². The van der Waals surface area contributed by atoms with Gasteiger partial charge in [0.15, 0.2) is 5.65 Å². The molecular weight excluding hydrogens is 497 g/mol. The quantitative estimate of drug-likeness (QED) is 0.272. The Morgan fingerprint density at radius 2 is 1.72 bits per heavy atom. The second-order valence-corrected chi connectivity index (χ2v) is 10.3. The van der Waals surface area contributed by atoms with Gasteiger partial charge in [0.2, 0.25) is 0 Å². The van der Waals surface area contributed by atoms with Gasteiger partial charge in [-0.1, -0.05) is 38.5 Å². The van der Waals surface area contributed by atoms with Crippen molar-refractivity contribution in [3.05, 3.63) is 71.9 Å². The predicted molar refractivity (Wildman–Crippen MR) is 151 cm³/mol. The minimum Gasteiger partial charge on any atom is -0.372 e. The van der Waals surface area contributed by atoms with Crippen molar-refractivity contribution in [2.45, 2.75) is 33.1 Å². The van der Waals surface area contributed by atoms with E-state index in [1.54, 1.807) is 35.6 Å². The van der Waals surface area contributed by atoms with Crippen LogP contribution >= 0.6 is 0 Å². The number of benzene rings is 2. The number of aromatic nitrogens is 6. The molecule has 0 unspecified atom stereocenters. The number of carbonyl (C=O) groups excluding carboxylic acids is 1. The Labute approximate surface area is 225 Å². The fourth-order valence-corrected chi connectivity index (χ4v) is 4.25. The highest BCUT2D eigenvalue weighted by atomic mass is 19.1. The Balaban J connectivity index is 1.41. The first-order chi connectivity index (χ1) is 18.5. The summed E-state index contributed by atoms with van der Waals surface area (Å²) in [5.74, 6) is 0.500. The number of nitrogens with zero attached hydrogens (tertiary/aromatic N) is 6. The number of anilines is 3. The molecule has 0 fully saturated rings. The first kappa shape index (κ1) is 25.8. The molecule has 5 rings (SSSR count). The van der Waals surface area contributed by atoms with Crippen LogP contribution in [0.25, 0.3) is 28.0 Å². The number of halogens is 1. The fraction of sp³-hybridized carbons (Fsp3) is 0.250. The number of nitrogens with one attached hydrogen (secondary N) is 3. The predicted octanol–water partition coefficient (Wildman–Crippen LogP) is 5.65. The van der Waals surface area contributed by atoms with Crippen LogP contribution in [0.2, 0.25) is 0 Å². The van der Waals surface area contributed by atoms with E-state index in [1.807, 2.05) is 37.3 Å². The third-order valence-electron chi connectivity index (χ3n) is 6.34. The molecule has 0 radical (unpaired) electrons. The lowest BCUT2D eigenvalue weighted by Crippen LogP contribution is -2.21. The number of aryl methyl sites for hydroxylation is 2. The van der Waals surface area contributed by atoms with Crippen LogP contribution in [0, 0.1) is 12.7 Å². The van der Waals surface area contributed by atoms with Gasteiger partial charge in [-0.3, -0.25) is 5.32 Å². The molecule has 0 bridgehead atoms. The van der Waals surface area contributed by atoms with Crippen molar-refractivity contribution in [3.63, 3.8) is 0 Å². The van der Waals surface area contributed by atoms with E-state index in [4.69, 9.17) is 5.10 Å². The SMILES string of the molecule is CNc1ncnc2c1c(-c1ccc(NC(=O)Nc3cc(C(C)(C)C)nn3-c3ccc(C)cc3)cc1F)nn2C. The largest absolute Gasteiger partial charge is 0.372 e. The zero-order chi connectivity index (χ0) is 27.9. The van der Waals surface area contributed by atoms with Gasteiger partial charge in [-0.15, -0.1) is 0 Å². The standard InChI is InChI=1S/C28H30FN9O/c1-16-7-10-18(11-8-16)38-22(14-21(35-38)28(2,3)4)34-27(39)33-17-9-12-19(20(29)13-17)24-23-25(30-5)31-15-32-26(23)37(6)36-24/h7-15H,1-6H3,(H,30,31,32)(H2,33,34,39). The average molecular weight is 528 g/mol. The van der Waals surface area contributed by atoms with Crippen LogP contribution in [0.1, 0.15) is 32.0 Å². The summed E-state index contributed by atoms with van der Waals surface area (Å²) in [6.07, 6.45) is 1.43. The van der Waals surface area contributed by atoms with Crippen LogP contribution in [0.15, 0.2) is 54.9 Å². The molecule has 3 heterocycles. The molecule has 0 saturated heterocycles. The molecule has 0 aliphatic rings. The number of carbonyl (C=O) groups is 1. The lowest BCUT2D eigenvalue weighted by molar-refractivity contribution is 0.262. The minimum absolute atomic E-state index is 0.227. The molecule has 0 aliphatic heterocycles. The maximum atomic E-state index is 15.3. The van der Waals surface area contributed by atoms with Crippen molar-refractivity contribution in [1.82, 2.24) is 29.5 Å². The molecule has 3 N–H and O–H groups in total. The molecule has 11 heteroatoms. The summed E-state index contributed by atoms with van der Waals surface area (Å²) in [6, 6.07) is 13.6. The van der Waals surface area contributed by atoms with Crippen LogP contribution < -0.4 is 16.0 Å². The van der Waals surface area contributed by atoms with Gasteiger partial charge in [-0.2, -0.15) is 10.2 Å². The van der Waals surface area contributed by atoms with Gasteiger partial charge in [0.25, 0.3) is 0 Å². The minimum atomic E-state index is -0.543. The number of hydrogen-bond donors (Lipinski definition) is 3. The normalized spacial score (nSPS) is 11.6. The smallest absolute Gasteiger partial charge is 0.324 e. The van der Waals surface area contributed by atoms with Gasteiger partial charge in [-0.05, 0) is 37.3 Å². The maximum absolute atomic E-state index is 15.3. The van der Waals surface area contributed by atoms with E-state index in [2.05, 4.69) is 51.8 Å². The summed E-state index contributed by atoms with van der Waals surface area (Å²) in [6.45, 7) is 8.17. The van der Waals surface area contributed by atoms with Crippen molar-refractivity contribution < 1.29 is 9.18 Å². The number of hydrogen-bond acceptors (Lipinski definition) is 6. The third-order valence-corrected chi connectivity index (χ3v) is 6.34. The van der Waals surface area contributed by atoms with Crippen LogP contribution in [-0.4, -0.2) is 42.6 Å². The van der Waals surface area contributed by atoms with E-state index in [0.29, 0.717) is 28.4 Å². The molecule has 0 atom stereocenters. The maximum Gasteiger partial charge on any atom is 0.324 e.